The third kappa shape index (κ3) is 2.65. The predicted octanol–water partition coefficient (Wildman–Crippen LogP) is 2.36. The van der Waals surface area contributed by atoms with Gasteiger partial charge in [-0.15, -0.1) is 0 Å². The van der Waals surface area contributed by atoms with Crippen molar-refractivity contribution < 1.29 is 9.84 Å². The van der Waals surface area contributed by atoms with Crippen LogP contribution in [0.15, 0.2) is 18.2 Å². The smallest absolute Gasteiger partial charge is 0.216 e. The Morgan fingerprint density at radius 1 is 1.37 bits per heavy atom. The Morgan fingerprint density at radius 2 is 2.11 bits per heavy atom. The van der Waals surface area contributed by atoms with Crippen LogP contribution in [0.2, 0.25) is 0 Å². The summed E-state index contributed by atoms with van der Waals surface area (Å²) in [6, 6.07) is 5.53. The van der Waals surface area contributed by atoms with Crippen molar-refractivity contribution in [2.45, 2.75) is 20.4 Å². The van der Waals surface area contributed by atoms with E-state index >= 15 is 0 Å². The molecule has 0 unspecified atom stereocenters. The van der Waals surface area contributed by atoms with Gasteiger partial charge in [0.2, 0.25) is 5.88 Å². The largest absolute Gasteiger partial charge is 0.508 e. The normalized spacial score (nSPS) is 10.5. The lowest BCUT2D eigenvalue weighted by Gasteiger charge is -2.09. The number of ether oxygens (including phenoxy) is 1. The molecule has 2 rings (SSSR count). The van der Waals surface area contributed by atoms with Gasteiger partial charge in [0, 0.05) is 25.3 Å². The van der Waals surface area contributed by atoms with Gasteiger partial charge in [0.1, 0.15) is 5.75 Å². The van der Waals surface area contributed by atoms with E-state index in [-0.39, 0.29) is 0 Å². The molecular formula is C14H19N3O2. The molecule has 0 aliphatic carbocycles. The summed E-state index contributed by atoms with van der Waals surface area (Å²) < 4.78 is 7.06. The monoisotopic (exact) mass is 261 g/mol. The zero-order valence-corrected chi connectivity index (χ0v) is 11.7. The second kappa shape index (κ2) is 5.22. The molecular weight excluding hydrogens is 242 g/mol. The molecule has 19 heavy (non-hydrogen) atoms. The van der Waals surface area contributed by atoms with E-state index in [0.29, 0.717) is 12.3 Å². The van der Waals surface area contributed by atoms with Gasteiger partial charge in [-0.1, -0.05) is 6.07 Å². The molecule has 0 amide bonds. The number of aryl methyl sites for hydroxylation is 3. The van der Waals surface area contributed by atoms with E-state index in [9.17, 15) is 5.11 Å². The van der Waals surface area contributed by atoms with Crippen LogP contribution in [0, 0.1) is 13.8 Å². The van der Waals surface area contributed by atoms with Gasteiger partial charge in [0.15, 0.2) is 0 Å². The van der Waals surface area contributed by atoms with Gasteiger partial charge in [0.05, 0.1) is 18.4 Å². The van der Waals surface area contributed by atoms with Crippen LogP contribution < -0.4 is 10.1 Å². The molecule has 2 N–H and O–H groups in total. The van der Waals surface area contributed by atoms with Crippen molar-refractivity contribution in [2.24, 2.45) is 7.05 Å². The zero-order chi connectivity index (χ0) is 14.0. The number of rotatable bonds is 4. The quantitative estimate of drug-likeness (QED) is 0.887. The van der Waals surface area contributed by atoms with Crippen molar-refractivity contribution >= 4 is 5.69 Å². The first-order valence-corrected chi connectivity index (χ1v) is 6.13. The molecule has 0 fully saturated rings. The van der Waals surface area contributed by atoms with Gasteiger partial charge in [0.25, 0.3) is 0 Å². The van der Waals surface area contributed by atoms with Gasteiger partial charge >= 0.3 is 0 Å². The highest BCUT2D eigenvalue weighted by Gasteiger charge is 2.13. The lowest BCUT2D eigenvalue weighted by molar-refractivity contribution is 0.370. The third-order valence-corrected chi connectivity index (χ3v) is 3.16. The SMILES string of the molecule is COc1c(CNc2ccc(C)c(O)c2)c(C)nn1C. The number of aromatic nitrogens is 2. The summed E-state index contributed by atoms with van der Waals surface area (Å²) in [5.74, 6) is 1.04. The molecule has 102 valence electrons. The van der Waals surface area contributed by atoms with E-state index in [0.717, 1.165) is 28.4 Å². The second-order valence-electron chi connectivity index (χ2n) is 4.55. The second-order valence-corrected chi connectivity index (χ2v) is 4.55. The Morgan fingerprint density at radius 3 is 2.74 bits per heavy atom. The first-order valence-electron chi connectivity index (χ1n) is 6.13. The molecule has 5 nitrogen and oxygen atoms in total. The van der Waals surface area contributed by atoms with Crippen LogP contribution in [-0.4, -0.2) is 22.0 Å². The highest BCUT2D eigenvalue weighted by molar-refractivity contribution is 5.51. The summed E-state index contributed by atoms with van der Waals surface area (Å²) in [6.45, 7) is 4.42. The molecule has 0 spiro atoms. The number of phenolic OH excluding ortho intramolecular Hbond substituents is 1. The summed E-state index contributed by atoms with van der Waals surface area (Å²) in [5.41, 5.74) is 3.68. The Kier molecular flexibility index (Phi) is 3.64. The first kappa shape index (κ1) is 13.3. The Hall–Kier alpha value is -2.17. The molecule has 0 atom stereocenters. The molecule has 0 aliphatic rings. The Balaban J connectivity index is 2.16. The van der Waals surface area contributed by atoms with Crippen LogP contribution in [0.3, 0.4) is 0 Å². The van der Waals surface area contributed by atoms with Gasteiger partial charge in [-0.25, -0.2) is 4.68 Å². The van der Waals surface area contributed by atoms with Crippen molar-refractivity contribution in [1.29, 1.82) is 0 Å². The molecule has 0 aliphatic heterocycles. The summed E-state index contributed by atoms with van der Waals surface area (Å²) in [7, 11) is 3.49. The predicted molar refractivity (Wildman–Crippen MR) is 74.7 cm³/mol. The standard InChI is InChI=1S/C14H19N3O2/c1-9-5-6-11(7-13(9)18)15-8-12-10(2)16-17(3)14(12)19-4/h5-7,15,18H,8H2,1-4H3. The zero-order valence-electron chi connectivity index (χ0n) is 11.7. The maximum atomic E-state index is 9.68. The van der Waals surface area contributed by atoms with E-state index in [4.69, 9.17) is 4.74 Å². The Labute approximate surface area is 112 Å². The fourth-order valence-electron chi connectivity index (χ4n) is 2.05. The molecule has 0 bridgehead atoms. The fourth-order valence-corrected chi connectivity index (χ4v) is 2.05. The number of phenols is 1. The molecule has 0 saturated heterocycles. The third-order valence-electron chi connectivity index (χ3n) is 3.16. The number of nitrogens with zero attached hydrogens (tertiary/aromatic N) is 2. The average molecular weight is 261 g/mol. The minimum atomic E-state index is 0.292. The number of hydrogen-bond acceptors (Lipinski definition) is 4. The molecule has 1 aromatic carbocycles. The fraction of sp³-hybridized carbons (Fsp3) is 0.357. The summed E-state index contributed by atoms with van der Waals surface area (Å²) in [4.78, 5) is 0. The maximum absolute atomic E-state index is 9.68. The summed E-state index contributed by atoms with van der Waals surface area (Å²) in [5, 5.41) is 17.3. The van der Waals surface area contributed by atoms with Gasteiger partial charge in [-0.3, -0.25) is 0 Å². The van der Waals surface area contributed by atoms with Crippen molar-refractivity contribution in [1.82, 2.24) is 9.78 Å². The number of nitrogens with one attached hydrogen (secondary N) is 1. The number of aromatic hydroxyl groups is 1. The molecule has 2 aromatic rings. The van der Waals surface area contributed by atoms with E-state index in [1.807, 2.05) is 33.0 Å². The van der Waals surface area contributed by atoms with E-state index in [2.05, 4.69) is 10.4 Å². The number of hydrogen-bond donors (Lipinski definition) is 2. The number of methoxy groups -OCH3 is 1. The van der Waals surface area contributed by atoms with Gasteiger partial charge in [-0.05, 0) is 25.5 Å². The van der Waals surface area contributed by atoms with Gasteiger partial charge < -0.3 is 15.2 Å². The van der Waals surface area contributed by atoms with Crippen molar-refractivity contribution in [2.75, 3.05) is 12.4 Å². The van der Waals surface area contributed by atoms with E-state index in [1.165, 1.54) is 0 Å². The molecule has 1 heterocycles. The molecule has 0 radical (unpaired) electrons. The lowest BCUT2D eigenvalue weighted by atomic mass is 10.2. The average Bonchev–Trinajstić information content (AvgIpc) is 2.64. The minimum absolute atomic E-state index is 0.292. The number of anilines is 1. The van der Waals surface area contributed by atoms with Crippen LogP contribution in [0.25, 0.3) is 0 Å². The molecule has 5 heteroatoms. The van der Waals surface area contributed by atoms with Crippen LogP contribution in [-0.2, 0) is 13.6 Å². The molecule has 0 saturated carbocycles. The van der Waals surface area contributed by atoms with Gasteiger partial charge in [-0.2, -0.15) is 5.10 Å². The summed E-state index contributed by atoms with van der Waals surface area (Å²) >= 11 is 0. The number of benzene rings is 1. The lowest BCUT2D eigenvalue weighted by Crippen LogP contribution is -2.03. The van der Waals surface area contributed by atoms with Crippen LogP contribution in [0.5, 0.6) is 11.6 Å². The summed E-state index contributed by atoms with van der Waals surface area (Å²) in [6.07, 6.45) is 0. The highest BCUT2D eigenvalue weighted by atomic mass is 16.5. The first-order chi connectivity index (χ1) is 9.02. The molecule has 1 aromatic heterocycles. The van der Waals surface area contributed by atoms with Crippen molar-refractivity contribution in [3.63, 3.8) is 0 Å². The van der Waals surface area contributed by atoms with E-state index < -0.39 is 0 Å². The van der Waals surface area contributed by atoms with Crippen molar-refractivity contribution in [3.05, 3.63) is 35.0 Å². The minimum Gasteiger partial charge on any atom is -0.508 e. The topological polar surface area (TPSA) is 59.3 Å². The van der Waals surface area contributed by atoms with Crippen LogP contribution >= 0.6 is 0 Å². The van der Waals surface area contributed by atoms with Crippen molar-refractivity contribution in [3.8, 4) is 11.6 Å². The van der Waals surface area contributed by atoms with Crippen LogP contribution in [0.1, 0.15) is 16.8 Å². The Bertz CT molecular complexity index is 591. The highest BCUT2D eigenvalue weighted by Crippen LogP contribution is 2.24. The van der Waals surface area contributed by atoms with E-state index in [1.54, 1.807) is 17.9 Å². The van der Waals surface area contributed by atoms with Crippen LogP contribution in [0.4, 0.5) is 5.69 Å². The maximum Gasteiger partial charge on any atom is 0.216 e.